The van der Waals surface area contributed by atoms with Crippen LogP contribution in [0.3, 0.4) is 0 Å². The minimum atomic E-state index is 1.20. The molecule has 6 aromatic rings. The van der Waals surface area contributed by atoms with Gasteiger partial charge >= 0.3 is 0 Å². The van der Waals surface area contributed by atoms with Crippen LogP contribution in [0.5, 0.6) is 0 Å². The lowest BCUT2D eigenvalue weighted by Crippen LogP contribution is -1.79. The van der Waals surface area contributed by atoms with Gasteiger partial charge in [-0.05, 0) is 68.4 Å². The molecule has 2 aromatic heterocycles. The van der Waals surface area contributed by atoms with Gasteiger partial charge in [-0.3, -0.25) is 0 Å². The summed E-state index contributed by atoms with van der Waals surface area (Å²) < 4.78 is 0. The average Bonchev–Trinajstić information content (AvgIpc) is 3.66. The van der Waals surface area contributed by atoms with E-state index in [1.165, 1.54) is 54.3 Å². The van der Waals surface area contributed by atoms with Crippen LogP contribution in [0.1, 0.15) is 20.9 Å². The van der Waals surface area contributed by atoms with Gasteiger partial charge < -0.3 is 0 Å². The second-order valence-corrected chi connectivity index (χ2v) is 10.9. The topological polar surface area (TPSA) is 0 Å². The van der Waals surface area contributed by atoms with E-state index in [2.05, 4.69) is 156 Å². The molecule has 0 amide bonds. The SMILES string of the molecule is C(=Cc1sccc1-c1ccsc1C=Cc1ccc(-c2ccccc2)cc1)c1ccc(-c2ccccc2)cc1. The molecule has 2 heteroatoms. The van der Waals surface area contributed by atoms with Crippen molar-refractivity contribution in [3.63, 3.8) is 0 Å². The van der Waals surface area contributed by atoms with Gasteiger partial charge in [-0.2, -0.15) is 0 Å². The van der Waals surface area contributed by atoms with Crippen LogP contribution in [0.4, 0.5) is 0 Å². The van der Waals surface area contributed by atoms with Crippen LogP contribution in [0.25, 0.3) is 57.7 Å². The maximum atomic E-state index is 2.24. The van der Waals surface area contributed by atoms with Crippen LogP contribution >= 0.6 is 22.7 Å². The fourth-order valence-electron chi connectivity index (χ4n) is 4.52. The van der Waals surface area contributed by atoms with E-state index in [1.807, 2.05) is 0 Å². The Hall–Kier alpha value is -4.24. The van der Waals surface area contributed by atoms with Crippen molar-refractivity contribution in [1.29, 1.82) is 0 Å². The van der Waals surface area contributed by atoms with Gasteiger partial charge in [0, 0.05) is 20.9 Å². The summed E-state index contributed by atoms with van der Waals surface area (Å²) in [7, 11) is 0. The largest absolute Gasteiger partial charge is 0.144 e. The van der Waals surface area contributed by atoms with Gasteiger partial charge in [-0.1, -0.05) is 121 Å². The van der Waals surface area contributed by atoms with Gasteiger partial charge in [0.1, 0.15) is 0 Å². The smallest absolute Gasteiger partial charge is 0.0349 e. The number of thiophene rings is 2. The molecular weight excluding hydrogens is 497 g/mol. The highest BCUT2D eigenvalue weighted by Gasteiger charge is 2.09. The molecular formula is C36H26S2. The minimum absolute atomic E-state index is 1.20. The molecule has 0 N–H and O–H groups in total. The number of hydrogen-bond acceptors (Lipinski definition) is 2. The van der Waals surface area contributed by atoms with Gasteiger partial charge in [-0.25, -0.2) is 0 Å². The van der Waals surface area contributed by atoms with E-state index in [4.69, 9.17) is 0 Å². The summed E-state index contributed by atoms with van der Waals surface area (Å²) in [5, 5.41) is 4.36. The quantitative estimate of drug-likeness (QED) is 0.196. The summed E-state index contributed by atoms with van der Waals surface area (Å²) in [5.74, 6) is 0. The molecule has 0 aliphatic heterocycles. The van der Waals surface area contributed by atoms with E-state index in [1.54, 1.807) is 22.7 Å². The van der Waals surface area contributed by atoms with Crippen molar-refractivity contribution in [1.82, 2.24) is 0 Å². The Morgan fingerprint density at radius 1 is 0.342 bits per heavy atom. The Morgan fingerprint density at radius 3 is 1.11 bits per heavy atom. The second kappa shape index (κ2) is 11.4. The van der Waals surface area contributed by atoms with Gasteiger partial charge in [0.05, 0.1) is 0 Å². The molecule has 4 aromatic carbocycles. The second-order valence-electron chi connectivity index (χ2n) is 9.04. The molecule has 0 nitrogen and oxygen atoms in total. The molecule has 0 aliphatic carbocycles. The first-order chi connectivity index (χ1) is 18.8. The van der Waals surface area contributed by atoms with Gasteiger partial charge in [-0.15, -0.1) is 22.7 Å². The lowest BCUT2D eigenvalue weighted by atomic mass is 10.0. The maximum absolute atomic E-state index is 2.24. The molecule has 0 atom stereocenters. The molecule has 0 radical (unpaired) electrons. The third kappa shape index (κ3) is 5.52. The Morgan fingerprint density at radius 2 is 0.711 bits per heavy atom. The maximum Gasteiger partial charge on any atom is 0.0349 e. The molecule has 0 bridgehead atoms. The zero-order valence-corrected chi connectivity index (χ0v) is 22.5. The summed E-state index contributed by atoms with van der Waals surface area (Å²) in [6.45, 7) is 0. The number of hydrogen-bond donors (Lipinski definition) is 0. The van der Waals surface area contributed by atoms with Crippen LogP contribution in [0, 0.1) is 0 Å². The number of rotatable bonds is 7. The summed E-state index contributed by atoms with van der Waals surface area (Å²) in [6, 6.07) is 43.0. The first-order valence-electron chi connectivity index (χ1n) is 12.7. The van der Waals surface area contributed by atoms with Crippen molar-refractivity contribution in [3.8, 4) is 33.4 Å². The van der Waals surface area contributed by atoms with Crippen LogP contribution in [-0.2, 0) is 0 Å². The first-order valence-corrected chi connectivity index (χ1v) is 14.4. The Bertz CT molecular complexity index is 1540. The van der Waals surface area contributed by atoms with Crippen molar-refractivity contribution < 1.29 is 0 Å². The fraction of sp³-hybridized carbons (Fsp3) is 0. The monoisotopic (exact) mass is 522 g/mol. The van der Waals surface area contributed by atoms with Crippen molar-refractivity contribution in [2.45, 2.75) is 0 Å². The van der Waals surface area contributed by atoms with Crippen LogP contribution in [0.15, 0.2) is 132 Å². The third-order valence-corrected chi connectivity index (χ3v) is 8.33. The minimum Gasteiger partial charge on any atom is -0.144 e. The summed E-state index contributed by atoms with van der Waals surface area (Å²) in [4.78, 5) is 2.55. The van der Waals surface area contributed by atoms with Crippen LogP contribution in [0.2, 0.25) is 0 Å². The standard InChI is InChI=1S/C36H26S2/c1-3-7-29(8-4-1)31-17-11-27(12-18-31)15-21-35-33(23-25-37-35)34-24-26-38-36(34)22-16-28-13-19-32(20-14-28)30-9-5-2-6-10-30/h1-26H. The van der Waals surface area contributed by atoms with Crippen molar-refractivity contribution in [2.24, 2.45) is 0 Å². The highest BCUT2D eigenvalue weighted by molar-refractivity contribution is 7.12. The predicted octanol–water partition coefficient (Wildman–Crippen LogP) is 11.2. The van der Waals surface area contributed by atoms with Crippen LogP contribution < -0.4 is 0 Å². The van der Waals surface area contributed by atoms with E-state index in [9.17, 15) is 0 Å². The highest BCUT2D eigenvalue weighted by atomic mass is 32.1. The molecule has 2 heterocycles. The molecule has 0 spiro atoms. The number of benzene rings is 4. The molecule has 6 rings (SSSR count). The van der Waals surface area contributed by atoms with Gasteiger partial charge in [0.2, 0.25) is 0 Å². The summed E-state index contributed by atoms with van der Waals surface area (Å²) in [6.07, 6.45) is 8.90. The van der Waals surface area contributed by atoms with Crippen molar-refractivity contribution in [2.75, 3.05) is 0 Å². The zero-order chi connectivity index (χ0) is 25.6. The van der Waals surface area contributed by atoms with Gasteiger partial charge in [0.15, 0.2) is 0 Å². The van der Waals surface area contributed by atoms with E-state index >= 15 is 0 Å². The van der Waals surface area contributed by atoms with Crippen LogP contribution in [-0.4, -0.2) is 0 Å². The van der Waals surface area contributed by atoms with E-state index < -0.39 is 0 Å². The average molecular weight is 523 g/mol. The molecule has 0 fully saturated rings. The molecule has 0 aliphatic rings. The Kier molecular flexibility index (Phi) is 7.26. The van der Waals surface area contributed by atoms with Gasteiger partial charge in [0.25, 0.3) is 0 Å². The molecule has 38 heavy (non-hydrogen) atoms. The van der Waals surface area contributed by atoms with E-state index in [0.29, 0.717) is 0 Å². The molecule has 0 saturated heterocycles. The lowest BCUT2D eigenvalue weighted by Gasteiger charge is -2.03. The van der Waals surface area contributed by atoms with E-state index in [0.717, 1.165) is 0 Å². The highest BCUT2D eigenvalue weighted by Crippen LogP contribution is 2.36. The Labute approximate surface area is 232 Å². The molecule has 0 unspecified atom stereocenters. The predicted molar refractivity (Wildman–Crippen MR) is 169 cm³/mol. The molecule has 182 valence electrons. The Balaban J connectivity index is 1.18. The summed E-state index contributed by atoms with van der Waals surface area (Å²) in [5.41, 5.74) is 9.94. The lowest BCUT2D eigenvalue weighted by molar-refractivity contribution is 1.60. The normalized spacial score (nSPS) is 11.5. The third-order valence-electron chi connectivity index (χ3n) is 6.57. The first kappa shape index (κ1) is 24.1. The van der Waals surface area contributed by atoms with Crippen molar-refractivity contribution in [3.05, 3.63) is 153 Å². The fourth-order valence-corrected chi connectivity index (χ4v) is 6.13. The van der Waals surface area contributed by atoms with E-state index in [-0.39, 0.29) is 0 Å². The van der Waals surface area contributed by atoms with Crippen molar-refractivity contribution >= 4 is 47.0 Å². The molecule has 0 saturated carbocycles. The zero-order valence-electron chi connectivity index (χ0n) is 20.8. The summed E-state index contributed by atoms with van der Waals surface area (Å²) >= 11 is 3.57.